The van der Waals surface area contributed by atoms with E-state index >= 15 is 0 Å². The van der Waals surface area contributed by atoms with Gasteiger partial charge >= 0.3 is 11.9 Å². The number of hydrogen-bond donors (Lipinski definition) is 2. The van der Waals surface area contributed by atoms with Gasteiger partial charge in [-0.3, -0.25) is 9.59 Å². The zero-order chi connectivity index (χ0) is 18.2. The van der Waals surface area contributed by atoms with E-state index in [1.165, 1.54) is 0 Å². The van der Waals surface area contributed by atoms with Gasteiger partial charge in [0.1, 0.15) is 0 Å². The molecular weight excluding hydrogens is 304 g/mol. The van der Waals surface area contributed by atoms with Crippen LogP contribution in [0, 0.1) is 16.7 Å². The summed E-state index contributed by atoms with van der Waals surface area (Å²) in [4.78, 5) is 24.1. The largest absolute Gasteiger partial charge is 0.481 e. The second-order valence-electron chi connectivity index (χ2n) is 7.76. The first-order valence-corrected chi connectivity index (χ1v) is 9.85. The molecule has 1 aliphatic rings. The summed E-state index contributed by atoms with van der Waals surface area (Å²) in [5.41, 5.74) is -1.10. The van der Waals surface area contributed by atoms with E-state index in [1.54, 1.807) is 0 Å². The molecule has 2 N–H and O–H groups in total. The summed E-state index contributed by atoms with van der Waals surface area (Å²) in [5, 5.41) is 19.8. The number of rotatable bonds is 11. The number of carboxylic acid groups (broad SMARTS) is 2. The molecule has 2 atom stereocenters. The molecule has 0 spiro atoms. The zero-order valence-electron chi connectivity index (χ0n) is 15.8. The van der Waals surface area contributed by atoms with Gasteiger partial charge in [0.15, 0.2) is 0 Å². The van der Waals surface area contributed by atoms with Gasteiger partial charge in [-0.2, -0.15) is 0 Å². The first kappa shape index (κ1) is 21.0. The van der Waals surface area contributed by atoms with E-state index < -0.39 is 17.4 Å². The van der Waals surface area contributed by atoms with Crippen molar-refractivity contribution in [2.45, 2.75) is 97.8 Å². The molecule has 2 unspecified atom stereocenters. The highest BCUT2D eigenvalue weighted by atomic mass is 16.4. The molecule has 0 heterocycles. The van der Waals surface area contributed by atoms with Gasteiger partial charge in [-0.15, -0.1) is 0 Å². The molecule has 0 aromatic rings. The predicted molar refractivity (Wildman–Crippen MR) is 96.1 cm³/mol. The van der Waals surface area contributed by atoms with Gasteiger partial charge in [0.2, 0.25) is 0 Å². The van der Waals surface area contributed by atoms with Crippen LogP contribution in [0.1, 0.15) is 97.8 Å². The number of aliphatic carboxylic acids is 2. The lowest BCUT2D eigenvalue weighted by atomic mass is 9.49. The maximum atomic E-state index is 12.5. The van der Waals surface area contributed by atoms with E-state index in [1.807, 2.05) is 0 Å². The highest BCUT2D eigenvalue weighted by molar-refractivity contribution is 5.77. The third-order valence-electron chi connectivity index (χ3n) is 6.31. The molecule has 0 bridgehead atoms. The van der Waals surface area contributed by atoms with E-state index in [9.17, 15) is 19.8 Å². The Hall–Kier alpha value is -1.06. The summed E-state index contributed by atoms with van der Waals surface area (Å²) >= 11 is 0. The van der Waals surface area contributed by atoms with Crippen molar-refractivity contribution in [3.63, 3.8) is 0 Å². The molecule has 0 amide bonds. The third-order valence-corrected chi connectivity index (χ3v) is 6.31. The van der Waals surface area contributed by atoms with Crippen LogP contribution in [0.25, 0.3) is 0 Å². The second-order valence-corrected chi connectivity index (χ2v) is 7.76. The van der Waals surface area contributed by atoms with Gasteiger partial charge < -0.3 is 10.2 Å². The normalized spacial score (nSPS) is 26.2. The second kappa shape index (κ2) is 9.43. The smallest absolute Gasteiger partial charge is 0.310 e. The van der Waals surface area contributed by atoms with E-state index in [4.69, 9.17) is 0 Å². The fourth-order valence-electron chi connectivity index (χ4n) is 4.81. The number of hydrogen-bond acceptors (Lipinski definition) is 2. The van der Waals surface area contributed by atoms with Crippen LogP contribution in [0.5, 0.6) is 0 Å². The highest BCUT2D eigenvalue weighted by Gasteiger charge is 2.58. The van der Waals surface area contributed by atoms with Crippen LogP contribution in [0.15, 0.2) is 0 Å². The van der Waals surface area contributed by atoms with E-state index in [-0.39, 0.29) is 11.3 Å². The first-order chi connectivity index (χ1) is 11.4. The fourth-order valence-corrected chi connectivity index (χ4v) is 4.81. The average Bonchev–Trinajstić information content (AvgIpc) is 2.56. The molecule has 0 radical (unpaired) electrons. The van der Waals surface area contributed by atoms with Crippen molar-refractivity contribution in [1.29, 1.82) is 0 Å². The zero-order valence-corrected chi connectivity index (χ0v) is 15.8. The van der Waals surface area contributed by atoms with Crippen LogP contribution < -0.4 is 0 Å². The summed E-state index contributed by atoms with van der Waals surface area (Å²) in [5.74, 6) is -1.82. The van der Waals surface area contributed by atoms with Gasteiger partial charge in [0, 0.05) is 0 Å². The highest BCUT2D eigenvalue weighted by Crippen LogP contribution is 2.60. The van der Waals surface area contributed by atoms with E-state index in [0.29, 0.717) is 25.7 Å². The Labute approximate surface area is 147 Å². The van der Waals surface area contributed by atoms with Gasteiger partial charge in [0.25, 0.3) is 0 Å². The van der Waals surface area contributed by atoms with Crippen LogP contribution in [0.2, 0.25) is 0 Å². The molecule has 0 aliphatic heterocycles. The van der Waals surface area contributed by atoms with Gasteiger partial charge in [-0.25, -0.2) is 0 Å². The molecule has 1 rings (SSSR count). The molecule has 4 nitrogen and oxygen atoms in total. The molecular formula is C20H36O4. The standard InChI is InChI=1S/C20H36O4/c1-4-7-11-19(12-8-5-2)15-16(17(21)22)10-14-20(19,18(23)24)13-9-6-3/h16H,4-15H2,1-3H3,(H,21,22)(H,23,24). The lowest BCUT2D eigenvalue weighted by molar-refractivity contribution is -0.174. The Bertz CT molecular complexity index is 410. The Balaban J connectivity index is 3.30. The van der Waals surface area contributed by atoms with Crippen molar-refractivity contribution >= 4 is 11.9 Å². The third kappa shape index (κ3) is 4.31. The van der Waals surface area contributed by atoms with Crippen molar-refractivity contribution in [2.24, 2.45) is 16.7 Å². The van der Waals surface area contributed by atoms with E-state index in [2.05, 4.69) is 20.8 Å². The monoisotopic (exact) mass is 340 g/mol. The predicted octanol–water partition coefficient (Wildman–Crippen LogP) is 5.50. The first-order valence-electron chi connectivity index (χ1n) is 9.85. The topological polar surface area (TPSA) is 74.6 Å². The molecule has 0 aromatic carbocycles. The summed E-state index contributed by atoms with van der Waals surface area (Å²) in [6.07, 6.45) is 9.86. The molecule has 1 aliphatic carbocycles. The summed E-state index contributed by atoms with van der Waals surface area (Å²) in [7, 11) is 0. The SMILES string of the molecule is CCCCC1(CCCC)CC(C(=O)O)CCC1(CCCC)C(=O)O. The lowest BCUT2D eigenvalue weighted by Gasteiger charge is -2.53. The van der Waals surface area contributed by atoms with Gasteiger partial charge in [0.05, 0.1) is 11.3 Å². The number of carboxylic acids is 2. The van der Waals surface area contributed by atoms with Crippen LogP contribution in [-0.2, 0) is 9.59 Å². The molecule has 1 fully saturated rings. The van der Waals surface area contributed by atoms with Gasteiger partial charge in [-0.05, 0) is 43.9 Å². The minimum Gasteiger partial charge on any atom is -0.481 e. The van der Waals surface area contributed by atoms with Crippen LogP contribution in [0.3, 0.4) is 0 Å². The number of unbranched alkanes of at least 4 members (excludes halogenated alkanes) is 3. The molecule has 0 aromatic heterocycles. The summed E-state index contributed by atoms with van der Waals surface area (Å²) < 4.78 is 0. The molecule has 140 valence electrons. The van der Waals surface area contributed by atoms with Crippen molar-refractivity contribution in [3.8, 4) is 0 Å². The van der Waals surface area contributed by atoms with Crippen LogP contribution in [-0.4, -0.2) is 22.2 Å². The van der Waals surface area contributed by atoms with E-state index in [0.717, 1.165) is 51.4 Å². The summed E-state index contributed by atoms with van der Waals surface area (Å²) in [6, 6.07) is 0. The quantitative estimate of drug-likeness (QED) is 0.521. The molecule has 0 saturated heterocycles. The Morgan fingerprint density at radius 1 is 0.917 bits per heavy atom. The molecule has 4 heteroatoms. The Morgan fingerprint density at radius 2 is 1.42 bits per heavy atom. The maximum absolute atomic E-state index is 12.5. The van der Waals surface area contributed by atoms with Crippen molar-refractivity contribution in [1.82, 2.24) is 0 Å². The fraction of sp³-hybridized carbons (Fsp3) is 0.900. The van der Waals surface area contributed by atoms with Crippen molar-refractivity contribution < 1.29 is 19.8 Å². The minimum absolute atomic E-state index is 0.360. The Morgan fingerprint density at radius 3 is 1.83 bits per heavy atom. The van der Waals surface area contributed by atoms with Crippen molar-refractivity contribution in [2.75, 3.05) is 0 Å². The van der Waals surface area contributed by atoms with Gasteiger partial charge in [-0.1, -0.05) is 59.3 Å². The van der Waals surface area contributed by atoms with Crippen LogP contribution >= 0.6 is 0 Å². The Kier molecular flexibility index (Phi) is 8.24. The van der Waals surface area contributed by atoms with Crippen LogP contribution in [0.4, 0.5) is 0 Å². The lowest BCUT2D eigenvalue weighted by Crippen LogP contribution is -2.53. The average molecular weight is 341 g/mol. The number of carbonyl (C=O) groups is 2. The van der Waals surface area contributed by atoms with Crippen molar-refractivity contribution in [3.05, 3.63) is 0 Å². The molecule has 24 heavy (non-hydrogen) atoms. The molecule has 1 saturated carbocycles. The maximum Gasteiger partial charge on any atom is 0.310 e. The summed E-state index contributed by atoms with van der Waals surface area (Å²) in [6.45, 7) is 6.34. The minimum atomic E-state index is -0.748.